The van der Waals surface area contributed by atoms with Gasteiger partial charge < -0.3 is 4.74 Å². The fraction of sp³-hybridized carbons (Fsp3) is 0.364. The quantitative estimate of drug-likeness (QED) is 0.447. The van der Waals surface area contributed by atoms with Gasteiger partial charge in [-0.1, -0.05) is 6.07 Å². The van der Waals surface area contributed by atoms with Gasteiger partial charge in [0.15, 0.2) is 5.78 Å². The van der Waals surface area contributed by atoms with Crippen molar-refractivity contribution >= 4 is 11.5 Å². The van der Waals surface area contributed by atoms with Crippen LogP contribution in [-0.4, -0.2) is 16.8 Å². The van der Waals surface area contributed by atoms with E-state index in [2.05, 4.69) is 0 Å². The summed E-state index contributed by atoms with van der Waals surface area (Å²) in [6.07, 6.45) is -0.139. The molecule has 0 fully saturated rings. The Morgan fingerprint density at radius 3 is 2.50 bits per heavy atom. The number of carbonyl (C=O) groups excluding carboxylic acids is 1. The topological polar surface area (TPSA) is 69.4 Å². The molecule has 0 spiro atoms. The van der Waals surface area contributed by atoms with E-state index < -0.39 is 4.92 Å². The summed E-state index contributed by atoms with van der Waals surface area (Å²) in [5.74, 6) is -0.111. The molecule has 0 unspecified atom stereocenters. The third kappa shape index (κ3) is 2.56. The van der Waals surface area contributed by atoms with Crippen molar-refractivity contribution in [3.05, 3.63) is 33.9 Å². The molecule has 0 amide bonds. The monoisotopic (exact) mass is 223 g/mol. The molecule has 86 valence electrons. The standard InChI is InChI=1S/C11H13NO4/c1-7(2)16-10-6-4-5-9(12(14)15)11(10)8(3)13/h4-7H,1-3H3. The van der Waals surface area contributed by atoms with Crippen molar-refractivity contribution in [1.29, 1.82) is 0 Å². The molecule has 0 heterocycles. The van der Waals surface area contributed by atoms with Gasteiger partial charge in [-0.3, -0.25) is 14.9 Å². The smallest absolute Gasteiger partial charge is 0.283 e. The fourth-order valence-corrected chi connectivity index (χ4v) is 1.38. The zero-order valence-electron chi connectivity index (χ0n) is 9.39. The number of ether oxygens (including phenoxy) is 1. The molecule has 0 aliphatic heterocycles. The molecule has 5 nitrogen and oxygen atoms in total. The third-order valence-electron chi connectivity index (χ3n) is 1.92. The highest BCUT2D eigenvalue weighted by molar-refractivity contribution is 6.00. The predicted octanol–water partition coefficient (Wildman–Crippen LogP) is 2.58. The van der Waals surface area contributed by atoms with Crippen LogP contribution in [-0.2, 0) is 0 Å². The highest BCUT2D eigenvalue weighted by atomic mass is 16.6. The van der Waals surface area contributed by atoms with Crippen LogP contribution in [0.15, 0.2) is 18.2 Å². The van der Waals surface area contributed by atoms with Crippen LogP contribution in [0.1, 0.15) is 31.1 Å². The first kappa shape index (κ1) is 12.2. The summed E-state index contributed by atoms with van der Waals surface area (Å²) in [5.41, 5.74) is -0.188. The first-order valence-corrected chi connectivity index (χ1v) is 4.88. The van der Waals surface area contributed by atoms with E-state index in [1.807, 2.05) is 0 Å². The number of hydrogen-bond acceptors (Lipinski definition) is 4. The molecule has 1 rings (SSSR count). The van der Waals surface area contributed by atoms with Crippen molar-refractivity contribution in [2.45, 2.75) is 26.9 Å². The molecule has 0 N–H and O–H groups in total. The van der Waals surface area contributed by atoms with Gasteiger partial charge in [-0.05, 0) is 26.8 Å². The summed E-state index contributed by atoms with van der Waals surface area (Å²) in [6.45, 7) is 4.88. The van der Waals surface area contributed by atoms with Gasteiger partial charge in [0.2, 0.25) is 0 Å². The summed E-state index contributed by atoms with van der Waals surface area (Å²) in [5, 5.41) is 10.8. The summed E-state index contributed by atoms with van der Waals surface area (Å²) < 4.78 is 5.37. The van der Waals surface area contributed by atoms with Gasteiger partial charge in [-0.2, -0.15) is 0 Å². The zero-order valence-corrected chi connectivity index (χ0v) is 9.39. The van der Waals surface area contributed by atoms with Crippen LogP contribution >= 0.6 is 0 Å². The lowest BCUT2D eigenvalue weighted by atomic mass is 10.1. The Hall–Kier alpha value is -1.91. The Balaban J connectivity index is 3.32. The van der Waals surface area contributed by atoms with Gasteiger partial charge in [-0.25, -0.2) is 0 Å². The van der Waals surface area contributed by atoms with Crippen molar-refractivity contribution < 1.29 is 14.5 Å². The fourth-order valence-electron chi connectivity index (χ4n) is 1.38. The number of Topliss-reactive ketones (excluding diaryl/α,β-unsaturated/α-hetero) is 1. The van der Waals surface area contributed by atoms with Crippen molar-refractivity contribution in [1.82, 2.24) is 0 Å². The lowest BCUT2D eigenvalue weighted by Crippen LogP contribution is -2.10. The molecular formula is C11H13NO4. The number of carbonyl (C=O) groups is 1. The van der Waals surface area contributed by atoms with Crippen LogP contribution in [0.25, 0.3) is 0 Å². The molecule has 0 bridgehead atoms. The van der Waals surface area contributed by atoms with E-state index in [4.69, 9.17) is 4.74 Å². The van der Waals surface area contributed by atoms with Crippen LogP contribution in [0.2, 0.25) is 0 Å². The van der Waals surface area contributed by atoms with E-state index in [9.17, 15) is 14.9 Å². The molecule has 0 aliphatic rings. The second-order valence-electron chi connectivity index (χ2n) is 3.63. The molecule has 5 heteroatoms. The average Bonchev–Trinajstić information content (AvgIpc) is 2.15. The molecule has 0 saturated heterocycles. The lowest BCUT2D eigenvalue weighted by molar-refractivity contribution is -0.385. The predicted molar refractivity (Wildman–Crippen MR) is 58.9 cm³/mol. The molecule has 1 aromatic carbocycles. The van der Waals surface area contributed by atoms with E-state index in [1.165, 1.54) is 19.1 Å². The maximum atomic E-state index is 11.4. The van der Waals surface area contributed by atoms with Crippen molar-refractivity contribution in [2.24, 2.45) is 0 Å². The zero-order chi connectivity index (χ0) is 12.3. The van der Waals surface area contributed by atoms with Crippen LogP contribution in [0.5, 0.6) is 5.75 Å². The molecule has 0 saturated carbocycles. The van der Waals surface area contributed by atoms with Crippen LogP contribution < -0.4 is 4.74 Å². The number of nitro groups is 1. The third-order valence-corrected chi connectivity index (χ3v) is 1.92. The normalized spacial score (nSPS) is 10.2. The number of nitrogens with zero attached hydrogens (tertiary/aromatic N) is 1. The first-order valence-electron chi connectivity index (χ1n) is 4.88. The van der Waals surface area contributed by atoms with Crippen molar-refractivity contribution in [3.8, 4) is 5.75 Å². The summed E-state index contributed by atoms with van der Waals surface area (Å²) in [4.78, 5) is 21.6. The Labute approximate surface area is 93.2 Å². The minimum atomic E-state index is -0.579. The Kier molecular flexibility index (Phi) is 3.60. The number of benzene rings is 1. The Morgan fingerprint density at radius 2 is 2.06 bits per heavy atom. The number of nitro benzene ring substituents is 1. The summed E-state index contributed by atoms with van der Waals surface area (Å²) >= 11 is 0. The second kappa shape index (κ2) is 4.74. The minimum Gasteiger partial charge on any atom is -0.490 e. The number of rotatable bonds is 4. The van der Waals surface area contributed by atoms with Gasteiger partial charge in [0.25, 0.3) is 5.69 Å². The minimum absolute atomic E-state index is 0.0289. The van der Waals surface area contributed by atoms with Crippen LogP contribution in [0.3, 0.4) is 0 Å². The molecule has 0 aliphatic carbocycles. The number of hydrogen-bond donors (Lipinski definition) is 0. The molecule has 0 aromatic heterocycles. The van der Waals surface area contributed by atoms with Crippen LogP contribution in [0.4, 0.5) is 5.69 Å². The Bertz CT molecular complexity index is 426. The molecule has 1 aromatic rings. The second-order valence-corrected chi connectivity index (χ2v) is 3.63. The van der Waals surface area contributed by atoms with E-state index in [-0.39, 0.29) is 28.9 Å². The van der Waals surface area contributed by atoms with Gasteiger partial charge in [0.05, 0.1) is 11.0 Å². The Morgan fingerprint density at radius 1 is 1.44 bits per heavy atom. The van der Waals surface area contributed by atoms with E-state index >= 15 is 0 Å². The molecular weight excluding hydrogens is 210 g/mol. The lowest BCUT2D eigenvalue weighted by Gasteiger charge is -2.12. The highest BCUT2D eigenvalue weighted by Gasteiger charge is 2.22. The summed E-state index contributed by atoms with van der Waals surface area (Å²) in [7, 11) is 0. The van der Waals surface area contributed by atoms with Gasteiger partial charge in [-0.15, -0.1) is 0 Å². The summed E-state index contributed by atoms with van der Waals surface area (Å²) in [6, 6.07) is 4.36. The van der Waals surface area contributed by atoms with E-state index in [0.29, 0.717) is 0 Å². The largest absolute Gasteiger partial charge is 0.490 e. The van der Waals surface area contributed by atoms with Gasteiger partial charge >= 0.3 is 0 Å². The maximum Gasteiger partial charge on any atom is 0.283 e. The van der Waals surface area contributed by atoms with E-state index in [0.717, 1.165) is 0 Å². The number of ketones is 1. The highest BCUT2D eigenvalue weighted by Crippen LogP contribution is 2.29. The van der Waals surface area contributed by atoms with Gasteiger partial charge in [0.1, 0.15) is 11.3 Å². The SMILES string of the molecule is CC(=O)c1c(OC(C)C)cccc1[N+](=O)[O-]. The average molecular weight is 223 g/mol. The van der Waals surface area contributed by atoms with E-state index in [1.54, 1.807) is 19.9 Å². The molecule has 0 radical (unpaired) electrons. The van der Waals surface area contributed by atoms with Crippen LogP contribution in [0, 0.1) is 10.1 Å². The first-order chi connectivity index (χ1) is 7.43. The van der Waals surface area contributed by atoms with Gasteiger partial charge in [0, 0.05) is 6.07 Å². The maximum absolute atomic E-state index is 11.4. The molecule has 0 atom stereocenters. The molecule has 16 heavy (non-hydrogen) atoms. The van der Waals surface area contributed by atoms with Crippen molar-refractivity contribution in [3.63, 3.8) is 0 Å². The van der Waals surface area contributed by atoms with Crippen molar-refractivity contribution in [2.75, 3.05) is 0 Å².